The summed E-state index contributed by atoms with van der Waals surface area (Å²) in [6.45, 7) is 6.02. The highest BCUT2D eigenvalue weighted by Gasteiger charge is 2.34. The van der Waals surface area contributed by atoms with Crippen molar-refractivity contribution in [3.8, 4) is 0 Å². The number of carbonyl (C=O) groups excluding carboxylic acids is 1. The number of nitrogens with one attached hydrogen (secondary N) is 3. The van der Waals surface area contributed by atoms with Crippen molar-refractivity contribution in [3.05, 3.63) is 89.2 Å². The van der Waals surface area contributed by atoms with E-state index in [0.29, 0.717) is 23.2 Å². The molecule has 1 aliphatic rings. The molecule has 3 N–H and O–H groups in total. The van der Waals surface area contributed by atoms with Crippen LogP contribution in [0.5, 0.6) is 0 Å². The molecule has 8 heteroatoms. The molecule has 3 aromatic rings. The van der Waals surface area contributed by atoms with Crippen LogP contribution in [-0.2, 0) is 16.4 Å². The molecule has 0 aromatic heterocycles. The largest absolute Gasteiger partial charge is 0.380 e. The van der Waals surface area contributed by atoms with E-state index < -0.39 is 16.1 Å². The van der Waals surface area contributed by atoms with Crippen molar-refractivity contribution in [1.82, 2.24) is 4.72 Å². The van der Waals surface area contributed by atoms with E-state index >= 15 is 0 Å². The van der Waals surface area contributed by atoms with Crippen LogP contribution in [0.2, 0.25) is 0 Å². The molecule has 1 amide bonds. The van der Waals surface area contributed by atoms with Crippen LogP contribution in [0.25, 0.3) is 0 Å². The van der Waals surface area contributed by atoms with Gasteiger partial charge in [0.2, 0.25) is 10.0 Å². The summed E-state index contributed by atoms with van der Waals surface area (Å²) in [6, 6.07) is 17.0. The average molecular weight is 482 g/mol. The maximum absolute atomic E-state index is 13.2. The highest BCUT2D eigenvalue weighted by molar-refractivity contribution is 7.89. The summed E-state index contributed by atoms with van der Waals surface area (Å²) >= 11 is 0. The van der Waals surface area contributed by atoms with E-state index in [9.17, 15) is 17.6 Å². The second-order valence-corrected chi connectivity index (χ2v) is 10.9. The number of benzene rings is 3. The van der Waals surface area contributed by atoms with Gasteiger partial charge in [-0.3, -0.25) is 4.79 Å². The molecule has 0 bridgehead atoms. The summed E-state index contributed by atoms with van der Waals surface area (Å²) in [7, 11) is -3.78. The molecule has 178 valence electrons. The third-order valence-electron chi connectivity index (χ3n) is 5.92. The molecule has 3 aromatic carbocycles. The fraction of sp³-hybridized carbons (Fsp3) is 0.269. The molecule has 34 heavy (non-hydrogen) atoms. The van der Waals surface area contributed by atoms with Crippen molar-refractivity contribution in [2.45, 2.75) is 50.1 Å². The number of sulfonamides is 1. The van der Waals surface area contributed by atoms with Crippen molar-refractivity contribution < 1.29 is 17.6 Å². The molecule has 0 saturated heterocycles. The Morgan fingerprint density at radius 1 is 1.06 bits per heavy atom. The van der Waals surface area contributed by atoms with Gasteiger partial charge in [0.1, 0.15) is 5.82 Å². The van der Waals surface area contributed by atoms with Crippen LogP contribution in [0.3, 0.4) is 0 Å². The van der Waals surface area contributed by atoms with Crippen LogP contribution < -0.4 is 15.4 Å². The van der Waals surface area contributed by atoms with Crippen LogP contribution >= 0.6 is 0 Å². The summed E-state index contributed by atoms with van der Waals surface area (Å²) in [5.41, 5.74) is 3.01. The molecule has 0 aliphatic carbocycles. The lowest BCUT2D eigenvalue weighted by atomic mass is 9.85. The zero-order valence-corrected chi connectivity index (χ0v) is 20.2. The summed E-state index contributed by atoms with van der Waals surface area (Å²) in [5.74, 6) is -0.754. The number of aryl methyl sites for hydroxylation is 1. The number of anilines is 2. The Hall–Kier alpha value is -3.23. The third-order valence-corrected chi connectivity index (χ3v) is 7.41. The number of rotatable bonds is 6. The molecular formula is C26H28FN3O3S. The third kappa shape index (κ3) is 5.29. The second-order valence-electron chi connectivity index (χ2n) is 9.15. The maximum Gasteiger partial charge on any atom is 0.255 e. The van der Waals surface area contributed by atoms with Crippen LogP contribution in [0.15, 0.2) is 71.6 Å². The van der Waals surface area contributed by atoms with E-state index in [4.69, 9.17) is 0 Å². The Balaban J connectivity index is 1.63. The van der Waals surface area contributed by atoms with Crippen molar-refractivity contribution in [3.63, 3.8) is 0 Å². The predicted octanol–water partition coefficient (Wildman–Crippen LogP) is 5.25. The lowest BCUT2D eigenvalue weighted by Crippen LogP contribution is -2.43. The van der Waals surface area contributed by atoms with Gasteiger partial charge in [-0.15, -0.1) is 0 Å². The van der Waals surface area contributed by atoms with Crippen molar-refractivity contribution in [2.75, 3.05) is 10.6 Å². The van der Waals surface area contributed by atoms with E-state index in [1.54, 1.807) is 30.3 Å². The zero-order valence-electron chi connectivity index (χ0n) is 19.4. The number of fused-ring (bicyclic) bond motifs is 1. The molecule has 1 atom stereocenters. The molecule has 1 heterocycles. The molecule has 4 rings (SSSR count). The van der Waals surface area contributed by atoms with Gasteiger partial charge in [0.15, 0.2) is 0 Å². The van der Waals surface area contributed by atoms with Gasteiger partial charge in [0, 0.05) is 22.5 Å². The lowest BCUT2D eigenvalue weighted by Gasteiger charge is -2.39. The van der Waals surface area contributed by atoms with Gasteiger partial charge in [0.05, 0.1) is 10.9 Å². The number of amides is 1. The second kappa shape index (κ2) is 9.19. The molecule has 0 unspecified atom stereocenters. The topological polar surface area (TPSA) is 87.3 Å². The number of hydrogen-bond acceptors (Lipinski definition) is 4. The fourth-order valence-corrected chi connectivity index (χ4v) is 5.36. The van der Waals surface area contributed by atoms with E-state index in [0.717, 1.165) is 17.7 Å². The molecule has 1 aliphatic heterocycles. The normalized spacial score (nSPS) is 16.9. The van der Waals surface area contributed by atoms with Gasteiger partial charge in [-0.25, -0.2) is 17.5 Å². The Morgan fingerprint density at radius 2 is 1.74 bits per heavy atom. The van der Waals surface area contributed by atoms with Gasteiger partial charge in [-0.1, -0.05) is 19.1 Å². The first kappa shape index (κ1) is 23.9. The summed E-state index contributed by atoms with van der Waals surface area (Å²) in [5, 5.41) is 6.16. The van der Waals surface area contributed by atoms with Gasteiger partial charge < -0.3 is 10.6 Å². The van der Waals surface area contributed by atoms with Crippen LogP contribution in [0, 0.1) is 5.82 Å². The average Bonchev–Trinajstić information content (AvgIpc) is 2.79. The predicted molar refractivity (Wildman–Crippen MR) is 132 cm³/mol. The van der Waals surface area contributed by atoms with E-state index in [-0.39, 0.29) is 22.2 Å². The first-order valence-electron chi connectivity index (χ1n) is 11.2. The van der Waals surface area contributed by atoms with Crippen LogP contribution in [0.4, 0.5) is 15.8 Å². The summed E-state index contributed by atoms with van der Waals surface area (Å²) in [4.78, 5) is 13.0. The molecule has 0 radical (unpaired) electrons. The molecule has 0 spiro atoms. The number of carbonyl (C=O) groups is 1. The van der Waals surface area contributed by atoms with Gasteiger partial charge >= 0.3 is 0 Å². The minimum absolute atomic E-state index is 0.202. The Morgan fingerprint density at radius 3 is 2.38 bits per heavy atom. The van der Waals surface area contributed by atoms with E-state index in [2.05, 4.69) is 15.4 Å². The van der Waals surface area contributed by atoms with Crippen molar-refractivity contribution in [2.24, 2.45) is 0 Å². The van der Waals surface area contributed by atoms with Crippen LogP contribution in [-0.4, -0.2) is 19.9 Å². The molecular weight excluding hydrogens is 453 g/mol. The fourth-order valence-electron chi connectivity index (χ4n) is 4.14. The SMILES string of the molecule is CCc1ccc(S(=O)(=O)N[C@H]2CC(C)(C)Nc3ccc(C(=O)Nc4ccc(F)cc4)cc32)cc1. The van der Waals surface area contributed by atoms with E-state index in [1.165, 1.54) is 24.3 Å². The highest BCUT2D eigenvalue weighted by atomic mass is 32.2. The zero-order chi connectivity index (χ0) is 24.5. The van der Waals surface area contributed by atoms with Gasteiger partial charge in [0.25, 0.3) is 5.91 Å². The van der Waals surface area contributed by atoms with Crippen LogP contribution in [0.1, 0.15) is 54.7 Å². The maximum atomic E-state index is 13.2. The Bertz CT molecular complexity index is 1300. The standard InChI is InChI=1S/C26H28FN3O3S/c1-4-17-5-12-21(13-6-17)34(32,33)30-24-16-26(2,3)29-23-14-7-18(15-22(23)24)25(31)28-20-10-8-19(27)9-11-20/h5-15,24,29-30H,4,16H2,1-3H3,(H,28,31)/t24-/m0/s1. The van der Waals surface area contributed by atoms with Gasteiger partial charge in [-0.2, -0.15) is 0 Å². The minimum atomic E-state index is -3.78. The van der Waals surface area contributed by atoms with Crippen molar-refractivity contribution in [1.29, 1.82) is 0 Å². The Kier molecular flexibility index (Phi) is 6.47. The smallest absolute Gasteiger partial charge is 0.255 e. The molecule has 0 fully saturated rings. The number of halogens is 1. The summed E-state index contributed by atoms with van der Waals surface area (Å²) < 4.78 is 42.3. The minimum Gasteiger partial charge on any atom is -0.380 e. The first-order chi connectivity index (χ1) is 16.1. The first-order valence-corrected chi connectivity index (χ1v) is 12.6. The lowest BCUT2D eigenvalue weighted by molar-refractivity contribution is 0.102. The molecule has 0 saturated carbocycles. The highest BCUT2D eigenvalue weighted by Crippen LogP contribution is 2.39. The molecule has 6 nitrogen and oxygen atoms in total. The monoisotopic (exact) mass is 481 g/mol. The Labute approximate surface area is 199 Å². The van der Waals surface area contributed by atoms with Gasteiger partial charge in [-0.05, 0) is 92.4 Å². The summed E-state index contributed by atoms with van der Waals surface area (Å²) in [6.07, 6.45) is 1.32. The van der Waals surface area contributed by atoms with Crippen molar-refractivity contribution >= 4 is 27.3 Å². The quantitative estimate of drug-likeness (QED) is 0.449. The van der Waals surface area contributed by atoms with E-state index in [1.807, 2.05) is 32.9 Å². The number of hydrogen-bond donors (Lipinski definition) is 3.